The predicted octanol–water partition coefficient (Wildman–Crippen LogP) is 1.93. The Morgan fingerprint density at radius 1 is 1.30 bits per heavy atom. The molecule has 0 saturated heterocycles. The second kappa shape index (κ2) is 11.8. The summed E-state index contributed by atoms with van der Waals surface area (Å²) >= 11 is -2.86. The molecular weight excluding hydrogens is 152 g/mol. The van der Waals surface area contributed by atoms with Crippen molar-refractivity contribution in [3.05, 3.63) is 0 Å². The summed E-state index contributed by atoms with van der Waals surface area (Å²) in [4.78, 5) is 0. The highest BCUT2D eigenvalue weighted by Crippen LogP contribution is 1.95. The van der Waals surface area contributed by atoms with Crippen LogP contribution in [0.2, 0.25) is 0 Å². The molecule has 0 aromatic heterocycles. The Bertz CT molecular complexity index is 67.4. The van der Waals surface area contributed by atoms with Crippen LogP contribution < -0.4 is 0 Å². The first-order chi connectivity index (χ1) is 4.65. The molecule has 0 bridgehead atoms. The third-order valence-electron chi connectivity index (χ3n) is 0.957. The topological polar surface area (TPSA) is 60.4 Å². The van der Waals surface area contributed by atoms with E-state index in [9.17, 15) is 0 Å². The van der Waals surface area contributed by atoms with E-state index in [1.807, 2.05) is 0 Å². The average Bonchev–Trinajstić information content (AvgIpc) is 1.82. The maximum atomic E-state index is 8.56. The van der Waals surface area contributed by atoms with Crippen LogP contribution in [-0.2, 0) is 11.4 Å². The first-order valence-corrected chi connectivity index (χ1v) is 4.46. The van der Waals surface area contributed by atoms with Crippen molar-refractivity contribution in [2.45, 2.75) is 39.5 Å². The molecule has 0 rings (SSSR count). The van der Waals surface area contributed by atoms with Gasteiger partial charge in [-0.2, -0.15) is 0 Å². The maximum absolute atomic E-state index is 8.56. The van der Waals surface area contributed by atoms with Gasteiger partial charge in [-0.1, -0.05) is 39.5 Å². The smallest absolute Gasteiger partial charge is 0.0814 e. The van der Waals surface area contributed by atoms with Crippen molar-refractivity contribution in [2.75, 3.05) is 0 Å². The van der Waals surface area contributed by atoms with Gasteiger partial charge in [-0.15, -0.1) is 0 Å². The van der Waals surface area contributed by atoms with Crippen molar-refractivity contribution >= 4 is 11.4 Å². The van der Waals surface area contributed by atoms with Crippen LogP contribution in [0.15, 0.2) is 0 Å². The zero-order chi connectivity index (χ0) is 8.41. The summed E-state index contributed by atoms with van der Waals surface area (Å²) < 4.78 is 24.1. The molecule has 10 heavy (non-hydrogen) atoms. The van der Waals surface area contributed by atoms with Crippen LogP contribution in [0, 0.1) is 0 Å². The summed E-state index contributed by atoms with van der Waals surface area (Å²) in [5.41, 5.74) is 0. The van der Waals surface area contributed by atoms with Crippen molar-refractivity contribution in [1.29, 1.82) is 0 Å². The number of unbranched alkanes of at least 4 members (excludes halogenated alkanes) is 3. The van der Waals surface area contributed by atoms with Crippen molar-refractivity contribution in [3.63, 3.8) is 0 Å². The van der Waals surface area contributed by atoms with Gasteiger partial charge in [0.05, 0.1) is 11.4 Å². The zero-order valence-corrected chi connectivity index (χ0v) is 7.32. The SMILES string of the molecule is CCCCCC.O=S([O-])O. The summed E-state index contributed by atoms with van der Waals surface area (Å²) in [6.07, 6.45) is 5.54. The molecule has 0 aliphatic rings. The van der Waals surface area contributed by atoms with Gasteiger partial charge in [0.1, 0.15) is 0 Å². The van der Waals surface area contributed by atoms with Crippen LogP contribution in [0.1, 0.15) is 39.5 Å². The molecule has 0 fully saturated rings. The van der Waals surface area contributed by atoms with Crippen LogP contribution in [0.5, 0.6) is 0 Å². The van der Waals surface area contributed by atoms with E-state index < -0.39 is 11.4 Å². The highest BCUT2D eigenvalue weighted by Gasteiger charge is 1.75. The molecule has 0 aromatic rings. The minimum Gasteiger partial charge on any atom is -0.750 e. The fourth-order valence-corrected chi connectivity index (χ4v) is 0.500. The largest absolute Gasteiger partial charge is 0.750 e. The fourth-order valence-electron chi connectivity index (χ4n) is 0.500. The first kappa shape index (κ1) is 12.7. The highest BCUT2D eigenvalue weighted by atomic mass is 32.2. The molecule has 1 atom stereocenters. The van der Waals surface area contributed by atoms with Gasteiger partial charge in [0.25, 0.3) is 0 Å². The third-order valence-corrected chi connectivity index (χ3v) is 0.957. The summed E-state index contributed by atoms with van der Waals surface area (Å²) in [6.45, 7) is 4.46. The number of rotatable bonds is 3. The molecule has 0 aliphatic carbocycles. The van der Waals surface area contributed by atoms with Gasteiger partial charge >= 0.3 is 0 Å². The van der Waals surface area contributed by atoms with Crippen LogP contribution in [0.4, 0.5) is 0 Å². The summed E-state index contributed by atoms with van der Waals surface area (Å²) in [7, 11) is 0. The molecule has 0 spiro atoms. The van der Waals surface area contributed by atoms with Gasteiger partial charge in [0.15, 0.2) is 0 Å². The monoisotopic (exact) mass is 167 g/mol. The van der Waals surface area contributed by atoms with E-state index >= 15 is 0 Å². The molecule has 0 heterocycles. The Kier molecular flexibility index (Phi) is 15.0. The molecule has 0 amide bonds. The lowest BCUT2D eigenvalue weighted by Crippen LogP contribution is -1.75. The van der Waals surface area contributed by atoms with Crippen LogP contribution in [0.3, 0.4) is 0 Å². The molecule has 1 unspecified atom stereocenters. The van der Waals surface area contributed by atoms with E-state index in [-0.39, 0.29) is 0 Å². The summed E-state index contributed by atoms with van der Waals surface area (Å²) in [6, 6.07) is 0. The quantitative estimate of drug-likeness (QED) is 0.516. The lowest BCUT2D eigenvalue weighted by Gasteiger charge is -1.86. The minimum atomic E-state index is -2.86. The van der Waals surface area contributed by atoms with Gasteiger partial charge in [-0.05, 0) is 0 Å². The Hall–Kier alpha value is 0.0700. The minimum absolute atomic E-state index is 1.36. The third kappa shape index (κ3) is 42.8. The lowest BCUT2D eigenvalue weighted by atomic mass is 10.2. The van der Waals surface area contributed by atoms with Gasteiger partial charge in [-0.25, -0.2) is 4.21 Å². The van der Waals surface area contributed by atoms with Gasteiger partial charge in [-0.3, -0.25) is 0 Å². The first-order valence-electron chi connectivity index (χ1n) is 3.43. The normalized spacial score (nSPS) is 11.6. The van der Waals surface area contributed by atoms with E-state index in [2.05, 4.69) is 13.8 Å². The van der Waals surface area contributed by atoms with Gasteiger partial charge in [0, 0.05) is 0 Å². The number of hydrogen-bond acceptors (Lipinski definition) is 2. The standard InChI is InChI=1S/C6H14.H2O3S/c1-3-5-6-4-2;1-4(2)3/h3-6H2,1-2H3;(H2,1,2,3)/p-1. The van der Waals surface area contributed by atoms with E-state index in [1.54, 1.807) is 0 Å². The Morgan fingerprint density at radius 3 is 1.60 bits per heavy atom. The lowest BCUT2D eigenvalue weighted by molar-refractivity contribution is 0.436. The Labute approximate surface area is 65.0 Å². The van der Waals surface area contributed by atoms with Crippen molar-refractivity contribution in [2.24, 2.45) is 0 Å². The molecule has 3 nitrogen and oxygen atoms in total. The van der Waals surface area contributed by atoms with Gasteiger partial charge in [0.2, 0.25) is 0 Å². The summed E-state index contributed by atoms with van der Waals surface area (Å²) in [5.74, 6) is 0. The van der Waals surface area contributed by atoms with E-state index in [0.717, 1.165) is 0 Å². The van der Waals surface area contributed by atoms with Crippen molar-refractivity contribution in [3.8, 4) is 0 Å². The Morgan fingerprint density at radius 2 is 1.50 bits per heavy atom. The van der Waals surface area contributed by atoms with E-state index in [0.29, 0.717) is 0 Å². The Balaban J connectivity index is 0. The molecule has 0 aliphatic heterocycles. The highest BCUT2D eigenvalue weighted by molar-refractivity contribution is 7.73. The molecule has 0 aromatic carbocycles. The maximum Gasteiger partial charge on any atom is 0.0814 e. The average molecular weight is 167 g/mol. The van der Waals surface area contributed by atoms with E-state index in [1.165, 1.54) is 25.7 Å². The van der Waals surface area contributed by atoms with E-state index in [4.69, 9.17) is 13.3 Å². The molecule has 0 saturated carbocycles. The van der Waals surface area contributed by atoms with Gasteiger partial charge < -0.3 is 9.11 Å². The van der Waals surface area contributed by atoms with Crippen LogP contribution in [-0.4, -0.2) is 13.3 Å². The molecule has 64 valence electrons. The van der Waals surface area contributed by atoms with Crippen molar-refractivity contribution < 1.29 is 13.3 Å². The zero-order valence-electron chi connectivity index (χ0n) is 6.50. The predicted molar refractivity (Wildman–Crippen MR) is 41.4 cm³/mol. The molecule has 0 radical (unpaired) electrons. The van der Waals surface area contributed by atoms with Crippen LogP contribution >= 0.6 is 0 Å². The molecule has 4 heteroatoms. The molecular formula is C6H15O3S-. The molecule has 1 N–H and O–H groups in total. The summed E-state index contributed by atoms with van der Waals surface area (Å²) in [5, 5.41) is 0. The fraction of sp³-hybridized carbons (Fsp3) is 1.00. The second-order valence-electron chi connectivity index (χ2n) is 1.92. The second-order valence-corrected chi connectivity index (χ2v) is 2.36. The van der Waals surface area contributed by atoms with Crippen molar-refractivity contribution in [1.82, 2.24) is 0 Å². The number of hydrogen-bond donors (Lipinski definition) is 1. The van der Waals surface area contributed by atoms with Crippen LogP contribution in [0.25, 0.3) is 0 Å².